The molecule has 2 aromatic carbocycles. The monoisotopic (exact) mass is 278 g/mol. The Morgan fingerprint density at radius 3 is 2.65 bits per heavy atom. The average molecular weight is 278 g/mol. The topological polar surface area (TPSA) is 29.5 Å². The molecular formula is C16H16F2O2. The molecule has 0 bridgehead atoms. The van der Waals surface area contributed by atoms with Crippen molar-refractivity contribution in [2.45, 2.75) is 26.1 Å². The van der Waals surface area contributed by atoms with E-state index >= 15 is 0 Å². The van der Waals surface area contributed by atoms with Crippen molar-refractivity contribution >= 4 is 0 Å². The number of aliphatic hydroxyl groups excluding tert-OH is 1. The fourth-order valence-corrected chi connectivity index (χ4v) is 1.92. The summed E-state index contributed by atoms with van der Waals surface area (Å²) in [5.41, 5.74) is 0.789. The molecule has 20 heavy (non-hydrogen) atoms. The molecule has 0 saturated heterocycles. The highest BCUT2D eigenvalue weighted by Gasteiger charge is 2.12. The number of aliphatic hydroxyl groups is 1. The second kappa shape index (κ2) is 6.48. The van der Waals surface area contributed by atoms with Gasteiger partial charge in [0.2, 0.25) is 0 Å². The Morgan fingerprint density at radius 2 is 1.90 bits per heavy atom. The average Bonchev–Trinajstić information content (AvgIpc) is 2.47. The molecule has 2 rings (SSSR count). The van der Waals surface area contributed by atoms with Gasteiger partial charge in [0.1, 0.15) is 24.0 Å². The highest BCUT2D eigenvalue weighted by atomic mass is 19.1. The van der Waals surface area contributed by atoms with Gasteiger partial charge in [-0.2, -0.15) is 0 Å². The predicted molar refractivity (Wildman–Crippen MR) is 72.4 cm³/mol. The van der Waals surface area contributed by atoms with E-state index in [0.717, 1.165) is 18.2 Å². The zero-order valence-corrected chi connectivity index (χ0v) is 11.1. The zero-order valence-electron chi connectivity index (χ0n) is 11.1. The van der Waals surface area contributed by atoms with Crippen LogP contribution in [0.5, 0.6) is 5.75 Å². The lowest BCUT2D eigenvalue weighted by atomic mass is 10.1. The Bertz CT molecular complexity index is 584. The zero-order chi connectivity index (χ0) is 14.5. The molecule has 0 aliphatic rings. The van der Waals surface area contributed by atoms with Gasteiger partial charge in [0.05, 0.1) is 6.10 Å². The summed E-state index contributed by atoms with van der Waals surface area (Å²) in [4.78, 5) is 0. The molecule has 0 spiro atoms. The molecule has 2 nitrogen and oxygen atoms in total. The summed E-state index contributed by atoms with van der Waals surface area (Å²) in [6.07, 6.45) is -0.0853. The summed E-state index contributed by atoms with van der Waals surface area (Å²) in [7, 11) is 0. The van der Waals surface area contributed by atoms with Crippen LogP contribution in [0.1, 0.15) is 30.6 Å². The van der Waals surface area contributed by atoms with E-state index in [0.29, 0.717) is 17.7 Å². The van der Waals surface area contributed by atoms with Crippen LogP contribution in [-0.2, 0) is 6.61 Å². The van der Waals surface area contributed by atoms with Crippen LogP contribution in [-0.4, -0.2) is 5.11 Å². The second-order valence-electron chi connectivity index (χ2n) is 4.49. The summed E-state index contributed by atoms with van der Waals surface area (Å²) in [5, 5.41) is 9.89. The number of halogens is 2. The van der Waals surface area contributed by atoms with Crippen LogP contribution in [0, 0.1) is 11.6 Å². The van der Waals surface area contributed by atoms with Gasteiger partial charge in [-0.25, -0.2) is 8.78 Å². The first-order valence-electron chi connectivity index (χ1n) is 6.45. The van der Waals surface area contributed by atoms with E-state index in [1.807, 2.05) is 6.92 Å². The molecule has 0 radical (unpaired) electrons. The lowest BCUT2D eigenvalue weighted by Gasteiger charge is -2.15. The van der Waals surface area contributed by atoms with E-state index in [4.69, 9.17) is 4.74 Å². The summed E-state index contributed by atoms with van der Waals surface area (Å²) in [6.45, 7) is 1.77. The smallest absolute Gasteiger partial charge is 0.130 e. The second-order valence-corrected chi connectivity index (χ2v) is 4.49. The molecule has 1 N–H and O–H groups in total. The lowest BCUT2D eigenvalue weighted by Crippen LogP contribution is -2.04. The Kier molecular flexibility index (Phi) is 4.69. The van der Waals surface area contributed by atoms with E-state index in [1.54, 1.807) is 24.3 Å². The highest BCUT2D eigenvalue weighted by molar-refractivity contribution is 5.35. The fraction of sp³-hybridized carbons (Fsp3) is 0.250. The van der Waals surface area contributed by atoms with Crippen LogP contribution in [0.2, 0.25) is 0 Å². The highest BCUT2D eigenvalue weighted by Crippen LogP contribution is 2.27. The van der Waals surface area contributed by atoms with E-state index in [-0.39, 0.29) is 12.2 Å². The van der Waals surface area contributed by atoms with Gasteiger partial charge in [-0.1, -0.05) is 25.1 Å². The van der Waals surface area contributed by atoms with Crippen LogP contribution >= 0.6 is 0 Å². The van der Waals surface area contributed by atoms with Gasteiger partial charge >= 0.3 is 0 Å². The standard InChI is InChI=1S/C16H16F2O2/c1-2-15(19)13-5-3-4-6-16(13)20-10-11-9-12(17)7-8-14(11)18/h3-9,15,19H,2,10H2,1H3/t15-/m1/s1. The van der Waals surface area contributed by atoms with Gasteiger partial charge in [-0.15, -0.1) is 0 Å². The number of benzene rings is 2. The third-order valence-corrected chi connectivity index (χ3v) is 3.06. The van der Waals surface area contributed by atoms with E-state index in [1.165, 1.54) is 0 Å². The molecule has 0 saturated carbocycles. The van der Waals surface area contributed by atoms with Crippen molar-refractivity contribution in [2.75, 3.05) is 0 Å². The number of hydrogen-bond acceptors (Lipinski definition) is 2. The molecule has 0 aliphatic carbocycles. The van der Waals surface area contributed by atoms with Crippen molar-refractivity contribution < 1.29 is 18.6 Å². The minimum absolute atomic E-state index is 0.0863. The predicted octanol–water partition coefficient (Wildman–Crippen LogP) is 3.99. The maximum Gasteiger partial charge on any atom is 0.130 e. The maximum atomic E-state index is 13.5. The first-order valence-corrected chi connectivity index (χ1v) is 6.45. The first-order chi connectivity index (χ1) is 9.61. The van der Waals surface area contributed by atoms with E-state index in [2.05, 4.69) is 0 Å². The van der Waals surface area contributed by atoms with E-state index < -0.39 is 17.7 Å². The molecule has 0 fully saturated rings. The molecular weight excluding hydrogens is 262 g/mol. The quantitative estimate of drug-likeness (QED) is 0.896. The largest absolute Gasteiger partial charge is 0.488 e. The summed E-state index contributed by atoms with van der Waals surface area (Å²) in [5.74, 6) is -0.544. The molecule has 2 aromatic rings. The number of ether oxygens (including phenoxy) is 1. The fourth-order valence-electron chi connectivity index (χ4n) is 1.92. The minimum atomic E-state index is -0.636. The minimum Gasteiger partial charge on any atom is -0.488 e. The van der Waals surface area contributed by atoms with Crippen LogP contribution < -0.4 is 4.74 Å². The molecule has 0 amide bonds. The van der Waals surface area contributed by atoms with Crippen molar-refractivity contribution in [3.8, 4) is 5.75 Å². The summed E-state index contributed by atoms with van der Waals surface area (Å²) >= 11 is 0. The molecule has 1 atom stereocenters. The molecule has 0 heterocycles. The van der Waals surface area contributed by atoms with Gasteiger partial charge in [0, 0.05) is 11.1 Å². The van der Waals surface area contributed by atoms with Crippen LogP contribution in [0.4, 0.5) is 8.78 Å². The Labute approximate surface area is 116 Å². The molecule has 106 valence electrons. The Morgan fingerprint density at radius 1 is 1.15 bits per heavy atom. The van der Waals surface area contributed by atoms with Gasteiger partial charge < -0.3 is 9.84 Å². The third kappa shape index (κ3) is 3.33. The SMILES string of the molecule is CC[C@@H](O)c1ccccc1OCc1cc(F)ccc1F. The summed E-state index contributed by atoms with van der Waals surface area (Å²) in [6, 6.07) is 10.3. The number of rotatable bonds is 5. The van der Waals surface area contributed by atoms with E-state index in [9.17, 15) is 13.9 Å². The third-order valence-electron chi connectivity index (χ3n) is 3.06. The van der Waals surface area contributed by atoms with Gasteiger partial charge in [0.25, 0.3) is 0 Å². The van der Waals surface area contributed by atoms with Crippen LogP contribution in [0.3, 0.4) is 0 Å². The van der Waals surface area contributed by atoms with Crippen LogP contribution in [0.25, 0.3) is 0 Å². The maximum absolute atomic E-state index is 13.5. The lowest BCUT2D eigenvalue weighted by molar-refractivity contribution is 0.166. The number of hydrogen-bond donors (Lipinski definition) is 1. The van der Waals surface area contributed by atoms with Crippen molar-refractivity contribution in [1.29, 1.82) is 0 Å². The normalized spacial score (nSPS) is 12.2. The molecule has 0 aromatic heterocycles. The summed E-state index contributed by atoms with van der Waals surface area (Å²) < 4.78 is 32.1. The molecule has 0 unspecified atom stereocenters. The van der Waals surface area contributed by atoms with Crippen molar-refractivity contribution in [3.63, 3.8) is 0 Å². The van der Waals surface area contributed by atoms with Crippen molar-refractivity contribution in [2.24, 2.45) is 0 Å². The Hall–Kier alpha value is -1.94. The van der Waals surface area contributed by atoms with Gasteiger partial charge in [-0.3, -0.25) is 0 Å². The van der Waals surface area contributed by atoms with Gasteiger partial charge in [-0.05, 0) is 30.7 Å². The van der Waals surface area contributed by atoms with Gasteiger partial charge in [0.15, 0.2) is 0 Å². The van der Waals surface area contributed by atoms with Crippen molar-refractivity contribution in [3.05, 3.63) is 65.2 Å². The van der Waals surface area contributed by atoms with Crippen molar-refractivity contribution in [1.82, 2.24) is 0 Å². The molecule has 4 heteroatoms. The molecule has 0 aliphatic heterocycles. The van der Waals surface area contributed by atoms with Crippen LogP contribution in [0.15, 0.2) is 42.5 Å². The Balaban J connectivity index is 2.17. The first kappa shape index (κ1) is 14.5. The number of para-hydroxylation sites is 1.